The van der Waals surface area contributed by atoms with Crippen molar-refractivity contribution in [1.82, 2.24) is 5.32 Å². The van der Waals surface area contributed by atoms with Crippen LogP contribution in [-0.2, 0) is 9.53 Å². The number of halogens is 2. The molecule has 0 radical (unpaired) electrons. The third kappa shape index (κ3) is 4.48. The maximum Gasteiger partial charge on any atom is 0.223 e. The highest BCUT2D eigenvalue weighted by molar-refractivity contribution is 6.42. The third-order valence-electron chi connectivity index (χ3n) is 7.53. The number of fused-ring (bicyclic) bond motifs is 1. The van der Waals surface area contributed by atoms with Crippen LogP contribution in [0.3, 0.4) is 0 Å². The Hall–Kier alpha value is -0.770. The number of carbonyl (C=O) groups is 1. The summed E-state index contributed by atoms with van der Waals surface area (Å²) in [7, 11) is 0. The smallest absolute Gasteiger partial charge is 0.223 e. The monoisotopic (exact) mass is 437 g/mol. The van der Waals surface area contributed by atoms with E-state index in [0.717, 1.165) is 37.7 Å². The van der Waals surface area contributed by atoms with E-state index in [1.54, 1.807) is 0 Å². The molecule has 3 fully saturated rings. The highest BCUT2D eigenvalue weighted by Gasteiger charge is 2.50. The number of benzene rings is 1. The largest absolute Gasteiger partial charge is 0.370 e. The average Bonchev–Trinajstić information content (AvgIpc) is 2.70. The summed E-state index contributed by atoms with van der Waals surface area (Å²) in [6.45, 7) is 4.53. The van der Waals surface area contributed by atoms with Crippen molar-refractivity contribution >= 4 is 29.1 Å². The van der Waals surface area contributed by atoms with Crippen molar-refractivity contribution in [2.75, 3.05) is 0 Å². The Morgan fingerprint density at radius 2 is 1.90 bits per heavy atom. The molecule has 29 heavy (non-hydrogen) atoms. The van der Waals surface area contributed by atoms with Gasteiger partial charge in [-0.05, 0) is 44.6 Å². The maximum absolute atomic E-state index is 13.2. The van der Waals surface area contributed by atoms with Crippen molar-refractivity contribution in [2.24, 2.45) is 17.8 Å². The molecule has 5 heteroatoms. The van der Waals surface area contributed by atoms with E-state index in [1.165, 1.54) is 25.7 Å². The van der Waals surface area contributed by atoms with Gasteiger partial charge in [-0.1, -0.05) is 67.9 Å². The summed E-state index contributed by atoms with van der Waals surface area (Å²) in [5, 5.41) is 4.64. The van der Waals surface area contributed by atoms with Gasteiger partial charge in [0.1, 0.15) is 0 Å². The molecule has 5 atom stereocenters. The number of amides is 1. The Morgan fingerprint density at radius 3 is 2.66 bits per heavy atom. The lowest BCUT2D eigenvalue weighted by Crippen LogP contribution is -2.61. The molecule has 2 aliphatic carbocycles. The SMILES string of the molecule is C[C@H]1CC[C@H]2[C@H](C1)O[C@H](c1cccc(Cl)c1Cl)C[C@]2(C)NC(=O)C1CCCCC1. The molecule has 1 aromatic carbocycles. The minimum Gasteiger partial charge on any atom is -0.370 e. The summed E-state index contributed by atoms with van der Waals surface area (Å²) in [6, 6.07) is 5.75. The first-order valence-electron chi connectivity index (χ1n) is 11.3. The van der Waals surface area contributed by atoms with Crippen LogP contribution in [0, 0.1) is 17.8 Å². The van der Waals surface area contributed by atoms with E-state index in [-0.39, 0.29) is 29.6 Å². The fraction of sp³-hybridized carbons (Fsp3) is 0.708. The molecule has 0 bridgehead atoms. The van der Waals surface area contributed by atoms with Crippen LogP contribution in [0.15, 0.2) is 18.2 Å². The minimum atomic E-state index is -0.284. The van der Waals surface area contributed by atoms with E-state index in [9.17, 15) is 4.79 Å². The summed E-state index contributed by atoms with van der Waals surface area (Å²) in [5.41, 5.74) is 0.655. The van der Waals surface area contributed by atoms with Crippen molar-refractivity contribution in [3.05, 3.63) is 33.8 Å². The Bertz CT molecular complexity index is 748. The molecule has 1 aliphatic heterocycles. The van der Waals surface area contributed by atoms with E-state index in [4.69, 9.17) is 27.9 Å². The average molecular weight is 438 g/mol. The van der Waals surface area contributed by atoms with E-state index >= 15 is 0 Å². The Morgan fingerprint density at radius 1 is 1.14 bits per heavy atom. The van der Waals surface area contributed by atoms with Crippen LogP contribution >= 0.6 is 23.2 Å². The first-order chi connectivity index (χ1) is 13.9. The van der Waals surface area contributed by atoms with Gasteiger partial charge in [0.2, 0.25) is 5.91 Å². The van der Waals surface area contributed by atoms with Gasteiger partial charge in [-0.2, -0.15) is 0 Å². The molecule has 4 rings (SSSR count). The van der Waals surface area contributed by atoms with Crippen molar-refractivity contribution in [2.45, 2.75) is 89.4 Å². The van der Waals surface area contributed by atoms with Crippen LogP contribution < -0.4 is 5.32 Å². The first-order valence-corrected chi connectivity index (χ1v) is 12.0. The molecule has 1 N–H and O–H groups in total. The highest BCUT2D eigenvalue weighted by Crippen LogP contribution is 2.49. The van der Waals surface area contributed by atoms with Gasteiger partial charge in [-0.3, -0.25) is 4.79 Å². The second-order valence-electron chi connectivity index (χ2n) is 9.78. The molecule has 3 aliphatic rings. The summed E-state index contributed by atoms with van der Waals surface area (Å²) >= 11 is 12.8. The fourth-order valence-electron chi connectivity index (χ4n) is 5.85. The van der Waals surface area contributed by atoms with Gasteiger partial charge in [0, 0.05) is 29.4 Å². The second-order valence-corrected chi connectivity index (χ2v) is 10.6. The molecule has 0 unspecified atom stereocenters. The number of nitrogens with one attached hydrogen (secondary N) is 1. The molecule has 1 aromatic rings. The second kappa shape index (κ2) is 8.77. The predicted octanol–water partition coefficient (Wildman–Crippen LogP) is 6.71. The molecule has 160 valence electrons. The number of hydrogen-bond acceptors (Lipinski definition) is 2. The Kier molecular flexibility index (Phi) is 6.49. The van der Waals surface area contributed by atoms with Gasteiger partial charge in [0.15, 0.2) is 0 Å². The van der Waals surface area contributed by atoms with Crippen LogP contribution in [0.2, 0.25) is 10.0 Å². The molecule has 0 spiro atoms. The summed E-state index contributed by atoms with van der Waals surface area (Å²) < 4.78 is 6.61. The predicted molar refractivity (Wildman–Crippen MR) is 118 cm³/mol. The van der Waals surface area contributed by atoms with Crippen molar-refractivity contribution in [3.8, 4) is 0 Å². The minimum absolute atomic E-state index is 0.143. The zero-order chi connectivity index (χ0) is 20.6. The van der Waals surface area contributed by atoms with Crippen molar-refractivity contribution < 1.29 is 9.53 Å². The Balaban J connectivity index is 1.60. The van der Waals surface area contributed by atoms with Gasteiger partial charge in [-0.15, -0.1) is 0 Å². The lowest BCUT2D eigenvalue weighted by molar-refractivity contribution is -0.155. The lowest BCUT2D eigenvalue weighted by Gasteiger charge is -2.52. The van der Waals surface area contributed by atoms with Crippen LogP contribution in [0.5, 0.6) is 0 Å². The molecule has 2 saturated carbocycles. The van der Waals surface area contributed by atoms with E-state index in [0.29, 0.717) is 21.9 Å². The van der Waals surface area contributed by atoms with Crippen molar-refractivity contribution in [3.63, 3.8) is 0 Å². The molecular weight excluding hydrogens is 405 g/mol. The van der Waals surface area contributed by atoms with E-state index in [1.807, 2.05) is 18.2 Å². The Labute approximate surface area is 184 Å². The first kappa shape index (κ1) is 21.5. The van der Waals surface area contributed by atoms with Crippen LogP contribution in [0.1, 0.15) is 83.3 Å². The molecular formula is C24H33Cl2NO2. The fourth-order valence-corrected chi connectivity index (χ4v) is 6.28. The van der Waals surface area contributed by atoms with E-state index in [2.05, 4.69) is 19.2 Å². The zero-order valence-electron chi connectivity index (χ0n) is 17.6. The van der Waals surface area contributed by atoms with Gasteiger partial charge in [-0.25, -0.2) is 0 Å². The van der Waals surface area contributed by atoms with Gasteiger partial charge >= 0.3 is 0 Å². The lowest BCUT2D eigenvalue weighted by atomic mass is 9.66. The van der Waals surface area contributed by atoms with Crippen molar-refractivity contribution in [1.29, 1.82) is 0 Å². The zero-order valence-corrected chi connectivity index (χ0v) is 19.1. The van der Waals surface area contributed by atoms with E-state index < -0.39 is 0 Å². The molecule has 0 aromatic heterocycles. The van der Waals surface area contributed by atoms with Crippen LogP contribution in [0.4, 0.5) is 0 Å². The number of ether oxygens (including phenoxy) is 1. The molecule has 1 saturated heterocycles. The molecule has 1 heterocycles. The summed E-state index contributed by atoms with van der Waals surface area (Å²) in [5.74, 6) is 1.39. The van der Waals surface area contributed by atoms with Crippen LogP contribution in [-0.4, -0.2) is 17.6 Å². The number of carbonyl (C=O) groups excluding carboxylic acids is 1. The van der Waals surface area contributed by atoms with Crippen LogP contribution in [0.25, 0.3) is 0 Å². The highest BCUT2D eigenvalue weighted by atomic mass is 35.5. The third-order valence-corrected chi connectivity index (χ3v) is 8.37. The molecule has 1 amide bonds. The number of rotatable bonds is 3. The number of hydrogen-bond donors (Lipinski definition) is 1. The van der Waals surface area contributed by atoms with Gasteiger partial charge in [0.25, 0.3) is 0 Å². The quantitative estimate of drug-likeness (QED) is 0.569. The summed E-state index contributed by atoms with van der Waals surface area (Å²) in [6.07, 6.45) is 9.70. The summed E-state index contributed by atoms with van der Waals surface area (Å²) in [4.78, 5) is 13.2. The topological polar surface area (TPSA) is 38.3 Å². The van der Waals surface area contributed by atoms with Gasteiger partial charge in [0.05, 0.1) is 22.3 Å². The maximum atomic E-state index is 13.2. The van der Waals surface area contributed by atoms with Gasteiger partial charge < -0.3 is 10.1 Å². The normalized spacial score (nSPS) is 35.7. The standard InChI is InChI=1S/C24H33Cl2NO2/c1-15-11-12-18-20(13-15)29-21(17-9-6-10-19(25)22(17)26)14-24(18,2)27-23(28)16-7-4-3-5-8-16/h6,9-10,15-16,18,20-21H,3-5,7-8,11-14H2,1-2H3,(H,27,28)/t15-,18-,20-,21-,24-/m0/s1. The molecule has 3 nitrogen and oxygen atoms in total.